The molecule has 0 N–H and O–H groups in total. The lowest BCUT2D eigenvalue weighted by atomic mass is 10.1. The van der Waals surface area contributed by atoms with E-state index in [-0.39, 0.29) is 19.0 Å². The van der Waals surface area contributed by atoms with Crippen LogP contribution in [0.1, 0.15) is 54.9 Å². The zero-order chi connectivity index (χ0) is 26.2. The summed E-state index contributed by atoms with van der Waals surface area (Å²) in [4.78, 5) is 4.50. The second kappa shape index (κ2) is 12.2. The number of nitriles is 1. The van der Waals surface area contributed by atoms with Crippen LogP contribution >= 0.6 is 0 Å². The maximum atomic E-state index is 8.67. The van der Waals surface area contributed by atoms with E-state index in [1.807, 2.05) is 72.3 Å². The molecule has 2 aromatic heterocycles. The molecular formula is C30H28N4O4. The number of rotatable bonds is 8. The van der Waals surface area contributed by atoms with Crippen molar-refractivity contribution < 1.29 is 18.7 Å². The Bertz CT molecular complexity index is 1450. The van der Waals surface area contributed by atoms with Crippen LogP contribution in [0.5, 0.6) is 5.75 Å². The average Bonchev–Trinajstić information content (AvgIpc) is 3.62. The Morgan fingerprint density at radius 1 is 1.11 bits per heavy atom. The largest absolute Gasteiger partial charge is 0.479 e. The van der Waals surface area contributed by atoms with Gasteiger partial charge in [-0.15, -0.1) is 0 Å². The summed E-state index contributed by atoms with van der Waals surface area (Å²) >= 11 is 0. The fourth-order valence-electron chi connectivity index (χ4n) is 4.26. The summed E-state index contributed by atoms with van der Waals surface area (Å²) in [6.07, 6.45) is 6.44. The number of aromatic nitrogens is 3. The number of benzene rings is 2. The van der Waals surface area contributed by atoms with E-state index in [0.29, 0.717) is 18.1 Å². The predicted octanol–water partition coefficient (Wildman–Crippen LogP) is 5.49. The predicted molar refractivity (Wildman–Crippen MR) is 140 cm³/mol. The first-order valence-electron chi connectivity index (χ1n) is 12.6. The molecule has 1 unspecified atom stereocenters. The Kier molecular flexibility index (Phi) is 8.15. The Morgan fingerprint density at radius 3 is 2.79 bits per heavy atom. The molecule has 4 aromatic rings. The Labute approximate surface area is 221 Å². The van der Waals surface area contributed by atoms with Crippen molar-refractivity contribution in [1.82, 2.24) is 14.7 Å². The van der Waals surface area contributed by atoms with Crippen molar-refractivity contribution in [3.05, 3.63) is 89.6 Å². The summed E-state index contributed by atoms with van der Waals surface area (Å²) in [5, 5.41) is 12.9. The number of hydrogen-bond donors (Lipinski definition) is 0. The molecule has 1 saturated heterocycles. The summed E-state index contributed by atoms with van der Waals surface area (Å²) in [6.45, 7) is 3.27. The third-order valence-electron chi connectivity index (χ3n) is 6.15. The summed E-state index contributed by atoms with van der Waals surface area (Å²) in [5.74, 6) is 8.42. The smallest absolute Gasteiger partial charge is 0.174 e. The minimum atomic E-state index is -0.194. The molecule has 1 fully saturated rings. The third kappa shape index (κ3) is 6.49. The molecule has 0 spiro atoms. The van der Waals surface area contributed by atoms with Gasteiger partial charge in [0.15, 0.2) is 18.7 Å². The van der Waals surface area contributed by atoms with E-state index in [1.54, 1.807) is 12.3 Å². The maximum absolute atomic E-state index is 8.67. The standard InChI is InChI=1S/C30H28N4O4/c1-22(37-29-7-2-3-17-36-29)30-32-15-16-34(30)21-26-20-28(38-33-26)25-12-10-23(11-13-25)8-9-24-5-4-6-27(19-24)35-18-14-31/h4-6,10-13,15-16,19-20,22,29H,2-3,7,17-18,21H2,1H3/t22-,29?/m0/s1. The second-order valence-electron chi connectivity index (χ2n) is 8.97. The topological polar surface area (TPSA) is 95.3 Å². The van der Waals surface area contributed by atoms with Crippen molar-refractivity contribution in [2.45, 2.75) is 45.1 Å². The zero-order valence-corrected chi connectivity index (χ0v) is 21.2. The van der Waals surface area contributed by atoms with Gasteiger partial charge in [0, 0.05) is 41.8 Å². The lowest BCUT2D eigenvalue weighted by molar-refractivity contribution is -0.188. The van der Waals surface area contributed by atoms with Crippen LogP contribution in [-0.2, 0) is 16.0 Å². The Hall–Kier alpha value is -4.37. The highest BCUT2D eigenvalue weighted by molar-refractivity contribution is 5.59. The minimum absolute atomic E-state index is 0.00850. The van der Waals surface area contributed by atoms with Crippen LogP contribution in [-0.4, -0.2) is 34.2 Å². The van der Waals surface area contributed by atoms with E-state index in [2.05, 4.69) is 22.0 Å². The van der Waals surface area contributed by atoms with Crippen molar-refractivity contribution in [2.75, 3.05) is 13.2 Å². The van der Waals surface area contributed by atoms with Crippen LogP contribution in [0.25, 0.3) is 11.3 Å². The van der Waals surface area contributed by atoms with Crippen LogP contribution in [0.3, 0.4) is 0 Å². The summed E-state index contributed by atoms with van der Waals surface area (Å²) in [5.41, 5.74) is 3.39. The molecule has 2 aromatic carbocycles. The summed E-state index contributed by atoms with van der Waals surface area (Å²) in [6, 6.07) is 19.1. The molecular weight excluding hydrogens is 480 g/mol. The molecule has 1 aliphatic heterocycles. The fraction of sp³-hybridized carbons (Fsp3) is 0.300. The zero-order valence-electron chi connectivity index (χ0n) is 21.2. The van der Waals surface area contributed by atoms with Gasteiger partial charge in [0.2, 0.25) is 0 Å². The number of imidazole rings is 1. The number of ether oxygens (including phenoxy) is 3. The monoisotopic (exact) mass is 508 g/mol. The molecule has 8 nitrogen and oxygen atoms in total. The molecule has 0 radical (unpaired) electrons. The molecule has 0 saturated carbocycles. The fourth-order valence-corrected chi connectivity index (χ4v) is 4.26. The average molecular weight is 509 g/mol. The second-order valence-corrected chi connectivity index (χ2v) is 8.97. The highest BCUT2D eigenvalue weighted by atomic mass is 16.7. The van der Waals surface area contributed by atoms with Crippen molar-refractivity contribution >= 4 is 0 Å². The van der Waals surface area contributed by atoms with Gasteiger partial charge >= 0.3 is 0 Å². The van der Waals surface area contributed by atoms with Crippen LogP contribution in [0.2, 0.25) is 0 Å². The molecule has 1 aliphatic rings. The van der Waals surface area contributed by atoms with E-state index in [1.165, 1.54) is 0 Å². The quantitative estimate of drug-likeness (QED) is 0.290. The van der Waals surface area contributed by atoms with Crippen molar-refractivity contribution in [1.29, 1.82) is 5.26 Å². The Morgan fingerprint density at radius 2 is 1.97 bits per heavy atom. The normalized spacial score (nSPS) is 15.7. The van der Waals surface area contributed by atoms with Gasteiger partial charge in [0.25, 0.3) is 0 Å². The van der Waals surface area contributed by atoms with Gasteiger partial charge in [0.05, 0.1) is 6.54 Å². The molecule has 0 amide bonds. The lowest BCUT2D eigenvalue weighted by Crippen LogP contribution is -2.24. The van der Waals surface area contributed by atoms with Crippen LogP contribution in [0.15, 0.2) is 71.5 Å². The van der Waals surface area contributed by atoms with E-state index < -0.39 is 0 Å². The van der Waals surface area contributed by atoms with E-state index in [9.17, 15) is 0 Å². The number of hydrogen-bond acceptors (Lipinski definition) is 7. The molecule has 5 rings (SSSR count). The van der Waals surface area contributed by atoms with Crippen LogP contribution < -0.4 is 4.74 Å². The molecule has 0 aliphatic carbocycles. The van der Waals surface area contributed by atoms with Gasteiger partial charge in [-0.25, -0.2) is 4.98 Å². The summed E-state index contributed by atoms with van der Waals surface area (Å²) < 4.78 is 24.8. The lowest BCUT2D eigenvalue weighted by Gasteiger charge is -2.26. The Balaban J connectivity index is 1.22. The van der Waals surface area contributed by atoms with Crippen molar-refractivity contribution in [3.8, 4) is 35.0 Å². The SMILES string of the molecule is C[C@H](OC1CCCCO1)c1nccn1Cc1cc(-c2ccc(C#Cc3cccc(OCC#N)c3)cc2)on1. The van der Waals surface area contributed by atoms with Gasteiger partial charge in [-0.1, -0.05) is 23.1 Å². The summed E-state index contributed by atoms with van der Waals surface area (Å²) in [7, 11) is 0. The van der Waals surface area contributed by atoms with E-state index >= 15 is 0 Å². The van der Waals surface area contributed by atoms with Crippen LogP contribution in [0.4, 0.5) is 0 Å². The first-order chi connectivity index (χ1) is 18.7. The number of nitrogens with zero attached hydrogens (tertiary/aromatic N) is 4. The first kappa shape index (κ1) is 25.3. The van der Waals surface area contributed by atoms with Gasteiger partial charge in [-0.05, 0) is 68.7 Å². The highest BCUT2D eigenvalue weighted by Crippen LogP contribution is 2.25. The molecule has 192 valence electrons. The van der Waals surface area contributed by atoms with E-state index in [4.69, 9.17) is 24.0 Å². The van der Waals surface area contributed by atoms with Gasteiger partial charge in [0.1, 0.15) is 29.4 Å². The third-order valence-corrected chi connectivity index (χ3v) is 6.15. The molecule has 8 heteroatoms. The molecule has 2 atom stereocenters. The van der Waals surface area contributed by atoms with Crippen LogP contribution in [0, 0.1) is 23.2 Å². The van der Waals surface area contributed by atoms with Crippen molar-refractivity contribution in [3.63, 3.8) is 0 Å². The van der Waals surface area contributed by atoms with E-state index in [0.717, 1.165) is 54.1 Å². The van der Waals surface area contributed by atoms with Gasteiger partial charge in [-0.3, -0.25) is 0 Å². The first-order valence-corrected chi connectivity index (χ1v) is 12.6. The maximum Gasteiger partial charge on any atom is 0.174 e. The highest BCUT2D eigenvalue weighted by Gasteiger charge is 2.21. The molecule has 3 heterocycles. The minimum Gasteiger partial charge on any atom is -0.479 e. The molecule has 38 heavy (non-hydrogen) atoms. The molecule has 0 bridgehead atoms. The van der Waals surface area contributed by atoms with Crippen molar-refractivity contribution in [2.24, 2.45) is 0 Å². The van der Waals surface area contributed by atoms with Gasteiger partial charge < -0.3 is 23.3 Å². The van der Waals surface area contributed by atoms with Gasteiger partial charge in [-0.2, -0.15) is 5.26 Å².